The Balaban J connectivity index is 2.36. The highest BCUT2D eigenvalue weighted by Gasteiger charge is 2.28. The van der Waals surface area contributed by atoms with E-state index in [1.165, 1.54) is 0 Å². The van der Waals surface area contributed by atoms with Gasteiger partial charge in [-0.25, -0.2) is 0 Å². The van der Waals surface area contributed by atoms with Crippen molar-refractivity contribution in [3.63, 3.8) is 0 Å². The number of aliphatic hydroxyl groups excluding tert-OH is 1. The molecule has 19 heavy (non-hydrogen) atoms. The molecule has 2 aromatic rings. The molecule has 0 aliphatic carbocycles. The molecule has 5 heteroatoms. The van der Waals surface area contributed by atoms with Crippen molar-refractivity contribution in [2.45, 2.75) is 23.7 Å². The zero-order valence-electron chi connectivity index (χ0n) is 10.6. The van der Waals surface area contributed by atoms with E-state index < -0.39 is 4.84 Å². The molecule has 0 saturated heterocycles. The Morgan fingerprint density at radius 2 is 2.11 bits per heavy atom. The lowest BCUT2D eigenvalue weighted by Gasteiger charge is -2.27. The third-order valence-electron chi connectivity index (χ3n) is 3.23. The van der Waals surface area contributed by atoms with Crippen molar-refractivity contribution >= 4 is 34.2 Å². The molecule has 1 aromatic carbocycles. The predicted molar refractivity (Wildman–Crippen MR) is 79.0 cm³/mol. The smallest absolute Gasteiger partial charge is 0.133 e. The number of likely N-dealkylation sites (N-methyl/N-ethyl adjacent to an activating group) is 1. The largest absolute Gasteiger partial charge is 0.464 e. The number of aliphatic hydroxyl groups is 1. The van der Waals surface area contributed by atoms with Gasteiger partial charge < -0.3 is 14.8 Å². The van der Waals surface area contributed by atoms with Gasteiger partial charge >= 0.3 is 0 Å². The first-order valence-corrected chi connectivity index (χ1v) is 7.14. The van der Waals surface area contributed by atoms with Crippen molar-refractivity contribution in [2.75, 3.05) is 13.2 Å². The van der Waals surface area contributed by atoms with Gasteiger partial charge in [0.15, 0.2) is 0 Å². The maximum atomic E-state index is 9.51. The van der Waals surface area contributed by atoms with Crippen LogP contribution >= 0.6 is 23.2 Å². The number of hydrogen-bond acceptors (Lipinski definition) is 3. The Labute approximate surface area is 122 Å². The minimum absolute atomic E-state index is 0.0160. The molecule has 0 aliphatic rings. The average Bonchev–Trinajstić information content (AvgIpc) is 2.85. The molecule has 0 fully saturated rings. The normalized spacial score (nSPS) is 15.0. The third kappa shape index (κ3) is 3.23. The van der Waals surface area contributed by atoms with Gasteiger partial charge in [-0.1, -0.05) is 13.0 Å². The first kappa shape index (κ1) is 14.7. The molecule has 2 atom stereocenters. The summed E-state index contributed by atoms with van der Waals surface area (Å²) in [6, 6.07) is 7.56. The summed E-state index contributed by atoms with van der Waals surface area (Å²) in [5.41, 5.74) is 1.82. The van der Waals surface area contributed by atoms with Crippen LogP contribution in [-0.2, 0) is 0 Å². The number of benzene rings is 1. The lowest BCUT2D eigenvalue weighted by atomic mass is 9.92. The van der Waals surface area contributed by atoms with E-state index in [4.69, 9.17) is 27.6 Å². The van der Waals surface area contributed by atoms with Gasteiger partial charge in [0.1, 0.15) is 10.4 Å². The van der Waals surface area contributed by atoms with E-state index in [0.717, 1.165) is 23.1 Å². The van der Waals surface area contributed by atoms with Gasteiger partial charge in [0.2, 0.25) is 0 Å². The Hall–Kier alpha value is -0.740. The van der Waals surface area contributed by atoms with Crippen LogP contribution in [0.4, 0.5) is 0 Å². The van der Waals surface area contributed by atoms with E-state index in [1.807, 2.05) is 31.2 Å². The highest BCUT2D eigenvalue weighted by atomic mass is 35.5. The van der Waals surface area contributed by atoms with Gasteiger partial charge in [-0.3, -0.25) is 0 Å². The molecule has 0 saturated carbocycles. The van der Waals surface area contributed by atoms with E-state index >= 15 is 0 Å². The molecular formula is C14H17Cl2NO2. The summed E-state index contributed by atoms with van der Waals surface area (Å²) in [6.07, 6.45) is 1.65. The molecule has 104 valence electrons. The van der Waals surface area contributed by atoms with Crippen molar-refractivity contribution in [1.82, 2.24) is 5.32 Å². The van der Waals surface area contributed by atoms with Crippen LogP contribution in [-0.4, -0.2) is 29.1 Å². The number of alkyl halides is 2. The summed E-state index contributed by atoms with van der Waals surface area (Å²) in [6.45, 7) is 2.71. The van der Waals surface area contributed by atoms with Crippen LogP contribution in [0.25, 0.3) is 11.0 Å². The van der Waals surface area contributed by atoms with Crippen LogP contribution in [0.3, 0.4) is 0 Å². The molecule has 1 aromatic heterocycles. The fourth-order valence-corrected chi connectivity index (χ4v) is 2.96. The SMILES string of the molecule is CCNC(CO)C(c1ccc2occc2c1)C(Cl)Cl. The lowest BCUT2D eigenvalue weighted by molar-refractivity contribution is 0.227. The third-order valence-corrected chi connectivity index (χ3v) is 3.77. The van der Waals surface area contributed by atoms with Gasteiger partial charge in [0.05, 0.1) is 12.9 Å². The van der Waals surface area contributed by atoms with E-state index in [0.29, 0.717) is 0 Å². The molecule has 0 bridgehead atoms. The van der Waals surface area contributed by atoms with Gasteiger partial charge in [-0.2, -0.15) is 0 Å². The fourth-order valence-electron chi connectivity index (χ4n) is 2.31. The van der Waals surface area contributed by atoms with Crippen LogP contribution in [0.15, 0.2) is 34.9 Å². The summed E-state index contributed by atoms with van der Waals surface area (Å²) >= 11 is 12.2. The number of rotatable bonds is 6. The lowest BCUT2D eigenvalue weighted by Crippen LogP contribution is -2.40. The van der Waals surface area contributed by atoms with Crippen LogP contribution in [0, 0.1) is 0 Å². The topological polar surface area (TPSA) is 45.4 Å². The molecule has 0 spiro atoms. The van der Waals surface area contributed by atoms with E-state index in [-0.39, 0.29) is 18.6 Å². The van der Waals surface area contributed by atoms with Crippen molar-refractivity contribution in [1.29, 1.82) is 0 Å². The van der Waals surface area contributed by atoms with Crippen molar-refractivity contribution in [3.05, 3.63) is 36.1 Å². The second-order valence-corrected chi connectivity index (χ2v) is 5.59. The summed E-state index contributed by atoms with van der Waals surface area (Å²) in [4.78, 5) is -0.597. The standard InChI is InChI=1S/C14H17Cl2NO2/c1-2-17-11(8-18)13(14(15)16)10-3-4-12-9(7-10)5-6-19-12/h3-7,11,13-14,17-18H,2,8H2,1H3. The molecule has 2 unspecified atom stereocenters. The summed E-state index contributed by atoms with van der Waals surface area (Å²) < 4.78 is 5.32. The predicted octanol–water partition coefficient (Wildman–Crippen LogP) is 3.29. The van der Waals surface area contributed by atoms with E-state index in [1.54, 1.807) is 6.26 Å². The number of nitrogens with one attached hydrogen (secondary N) is 1. The molecule has 1 heterocycles. The van der Waals surface area contributed by atoms with Gasteiger partial charge in [0.25, 0.3) is 0 Å². The molecule has 0 amide bonds. The summed E-state index contributed by atoms with van der Waals surface area (Å²) in [7, 11) is 0. The molecule has 3 nitrogen and oxygen atoms in total. The highest BCUT2D eigenvalue weighted by molar-refractivity contribution is 6.44. The van der Waals surface area contributed by atoms with Gasteiger partial charge in [-0.15, -0.1) is 23.2 Å². The zero-order chi connectivity index (χ0) is 13.8. The maximum Gasteiger partial charge on any atom is 0.133 e. The monoisotopic (exact) mass is 301 g/mol. The van der Waals surface area contributed by atoms with Crippen molar-refractivity contribution < 1.29 is 9.52 Å². The number of fused-ring (bicyclic) bond motifs is 1. The van der Waals surface area contributed by atoms with Crippen molar-refractivity contribution in [3.8, 4) is 0 Å². The number of halogens is 2. The van der Waals surface area contributed by atoms with Crippen LogP contribution in [0.5, 0.6) is 0 Å². The second-order valence-electron chi connectivity index (χ2n) is 4.42. The van der Waals surface area contributed by atoms with Gasteiger partial charge in [-0.05, 0) is 30.3 Å². The van der Waals surface area contributed by atoms with Crippen LogP contribution in [0.2, 0.25) is 0 Å². The number of hydrogen-bond donors (Lipinski definition) is 2. The first-order valence-electron chi connectivity index (χ1n) is 6.27. The molecule has 2 N–H and O–H groups in total. The fraction of sp³-hybridized carbons (Fsp3) is 0.429. The minimum atomic E-state index is -0.597. The summed E-state index contributed by atoms with van der Waals surface area (Å²) in [5.74, 6) is -0.174. The highest BCUT2D eigenvalue weighted by Crippen LogP contribution is 2.32. The van der Waals surface area contributed by atoms with Gasteiger partial charge in [0, 0.05) is 17.3 Å². The molecule has 0 radical (unpaired) electrons. The Morgan fingerprint density at radius 3 is 2.74 bits per heavy atom. The molecule has 0 aliphatic heterocycles. The van der Waals surface area contributed by atoms with E-state index in [9.17, 15) is 5.11 Å². The molecule has 2 rings (SSSR count). The quantitative estimate of drug-likeness (QED) is 0.805. The Kier molecular flexibility index (Phi) is 5.11. The maximum absolute atomic E-state index is 9.51. The Bertz CT molecular complexity index is 527. The minimum Gasteiger partial charge on any atom is -0.464 e. The average molecular weight is 302 g/mol. The first-order chi connectivity index (χ1) is 9.17. The zero-order valence-corrected chi connectivity index (χ0v) is 12.2. The number of furan rings is 1. The van der Waals surface area contributed by atoms with E-state index in [2.05, 4.69) is 5.32 Å². The Morgan fingerprint density at radius 1 is 1.32 bits per heavy atom. The van der Waals surface area contributed by atoms with Crippen molar-refractivity contribution in [2.24, 2.45) is 0 Å². The summed E-state index contributed by atoms with van der Waals surface area (Å²) in [5, 5.41) is 13.7. The molecular weight excluding hydrogens is 285 g/mol. The van der Waals surface area contributed by atoms with Crippen LogP contribution in [0.1, 0.15) is 18.4 Å². The second kappa shape index (κ2) is 6.62. The van der Waals surface area contributed by atoms with Crippen LogP contribution < -0.4 is 5.32 Å².